The summed E-state index contributed by atoms with van der Waals surface area (Å²) < 4.78 is 39.6. The summed E-state index contributed by atoms with van der Waals surface area (Å²) in [5.41, 5.74) is 1.29. The molecule has 0 spiro atoms. The lowest BCUT2D eigenvalue weighted by molar-refractivity contribution is 0.297. The second-order valence-corrected chi connectivity index (χ2v) is 7.77. The summed E-state index contributed by atoms with van der Waals surface area (Å²) in [5, 5.41) is 0. The molecule has 122 valence electrons. The van der Waals surface area contributed by atoms with E-state index in [2.05, 4.69) is 20.7 Å². The van der Waals surface area contributed by atoms with Crippen molar-refractivity contribution in [3.05, 3.63) is 46.4 Å². The van der Waals surface area contributed by atoms with Crippen LogP contribution in [0.2, 0.25) is 0 Å². The van der Waals surface area contributed by atoms with Crippen molar-refractivity contribution in [2.45, 2.75) is 18.2 Å². The smallest absolute Gasteiger partial charge is 0.261 e. The fourth-order valence-electron chi connectivity index (χ4n) is 2.23. The van der Waals surface area contributed by atoms with Crippen molar-refractivity contribution in [3.63, 3.8) is 0 Å². The van der Waals surface area contributed by atoms with Gasteiger partial charge in [-0.05, 0) is 42.8 Å². The first-order valence-electron chi connectivity index (χ1n) is 7.14. The van der Waals surface area contributed by atoms with Gasteiger partial charge in [0.1, 0.15) is 0 Å². The molecular weight excluding hydrogens is 382 g/mol. The molecule has 0 aromatic heterocycles. The van der Waals surface area contributed by atoms with Crippen molar-refractivity contribution in [2.75, 3.05) is 17.9 Å². The van der Waals surface area contributed by atoms with E-state index < -0.39 is 10.0 Å². The van der Waals surface area contributed by atoms with Gasteiger partial charge >= 0.3 is 0 Å². The standard InChI is InChI=1S/C16H16BrNO4S/c1-11-9-13(4-5-14(11)17)23(19,20)18-12-3-6-15-16(10-12)22-8-2-7-21-15/h3-6,9-10,18H,2,7-8H2,1H3. The number of aryl methyl sites for hydroxylation is 1. The summed E-state index contributed by atoms with van der Waals surface area (Å²) in [4.78, 5) is 0.213. The van der Waals surface area contributed by atoms with Crippen LogP contribution in [-0.4, -0.2) is 21.6 Å². The van der Waals surface area contributed by atoms with Crippen molar-refractivity contribution in [2.24, 2.45) is 0 Å². The molecule has 0 radical (unpaired) electrons. The maximum absolute atomic E-state index is 12.5. The largest absolute Gasteiger partial charge is 0.490 e. The zero-order valence-electron chi connectivity index (χ0n) is 12.5. The van der Waals surface area contributed by atoms with Gasteiger partial charge in [0.05, 0.1) is 23.8 Å². The van der Waals surface area contributed by atoms with E-state index >= 15 is 0 Å². The molecule has 5 nitrogen and oxygen atoms in total. The highest BCUT2D eigenvalue weighted by molar-refractivity contribution is 9.10. The van der Waals surface area contributed by atoms with Crippen LogP contribution in [0.5, 0.6) is 11.5 Å². The number of nitrogens with one attached hydrogen (secondary N) is 1. The third kappa shape index (κ3) is 3.61. The van der Waals surface area contributed by atoms with E-state index in [-0.39, 0.29) is 4.90 Å². The Balaban J connectivity index is 1.88. The Bertz CT molecular complexity index is 836. The van der Waals surface area contributed by atoms with Crippen LogP contribution in [0.15, 0.2) is 45.8 Å². The highest BCUT2D eigenvalue weighted by Crippen LogP contribution is 2.33. The Hall–Kier alpha value is -1.73. The number of benzene rings is 2. The summed E-state index contributed by atoms with van der Waals surface area (Å²) >= 11 is 3.37. The molecular formula is C16H16BrNO4S. The third-order valence-electron chi connectivity index (χ3n) is 3.44. The fourth-order valence-corrected chi connectivity index (χ4v) is 3.61. The number of fused-ring (bicyclic) bond motifs is 1. The molecule has 0 atom stereocenters. The molecule has 2 aromatic rings. The first-order chi connectivity index (χ1) is 11.0. The van der Waals surface area contributed by atoms with Crippen molar-refractivity contribution < 1.29 is 17.9 Å². The number of halogens is 1. The predicted molar refractivity (Wildman–Crippen MR) is 91.7 cm³/mol. The van der Waals surface area contributed by atoms with Gasteiger partial charge in [0, 0.05) is 17.0 Å². The SMILES string of the molecule is Cc1cc(S(=O)(=O)Nc2ccc3c(c2)OCCCO3)ccc1Br. The molecule has 3 rings (SSSR count). The Morgan fingerprint density at radius 3 is 2.52 bits per heavy atom. The molecule has 7 heteroatoms. The Kier molecular flexibility index (Phi) is 4.50. The molecule has 0 saturated carbocycles. The van der Waals surface area contributed by atoms with Crippen LogP contribution in [0.4, 0.5) is 5.69 Å². The van der Waals surface area contributed by atoms with E-state index in [4.69, 9.17) is 9.47 Å². The van der Waals surface area contributed by atoms with Gasteiger partial charge in [-0.3, -0.25) is 4.72 Å². The van der Waals surface area contributed by atoms with Crippen LogP contribution in [-0.2, 0) is 10.0 Å². The molecule has 0 fully saturated rings. The van der Waals surface area contributed by atoms with Crippen LogP contribution in [0, 0.1) is 6.92 Å². The van der Waals surface area contributed by atoms with Gasteiger partial charge < -0.3 is 9.47 Å². The summed E-state index contributed by atoms with van der Waals surface area (Å²) in [7, 11) is -3.66. The summed E-state index contributed by atoms with van der Waals surface area (Å²) in [6.07, 6.45) is 0.800. The van der Waals surface area contributed by atoms with E-state index in [1.54, 1.807) is 36.4 Å². The predicted octanol–water partition coefficient (Wildman–Crippen LogP) is 3.72. The van der Waals surface area contributed by atoms with Gasteiger partial charge in [0.25, 0.3) is 10.0 Å². The molecule has 1 heterocycles. The molecule has 0 unspecified atom stereocenters. The highest BCUT2D eigenvalue weighted by atomic mass is 79.9. The van der Waals surface area contributed by atoms with Crippen molar-refractivity contribution in [3.8, 4) is 11.5 Å². The topological polar surface area (TPSA) is 64.6 Å². The van der Waals surface area contributed by atoms with Gasteiger partial charge in [0.2, 0.25) is 0 Å². The second-order valence-electron chi connectivity index (χ2n) is 5.23. The van der Waals surface area contributed by atoms with Crippen molar-refractivity contribution in [1.82, 2.24) is 0 Å². The quantitative estimate of drug-likeness (QED) is 0.856. The minimum absolute atomic E-state index is 0.213. The molecule has 1 aliphatic rings. The van der Waals surface area contributed by atoms with E-state index in [1.807, 2.05) is 6.92 Å². The summed E-state index contributed by atoms with van der Waals surface area (Å²) in [6.45, 7) is 2.99. The number of anilines is 1. The minimum Gasteiger partial charge on any atom is -0.490 e. The van der Waals surface area contributed by atoms with Gasteiger partial charge in [0.15, 0.2) is 11.5 Å². The van der Waals surface area contributed by atoms with Crippen molar-refractivity contribution >= 4 is 31.6 Å². The molecule has 0 bridgehead atoms. The van der Waals surface area contributed by atoms with Gasteiger partial charge in [-0.15, -0.1) is 0 Å². The van der Waals surface area contributed by atoms with Gasteiger partial charge in [-0.25, -0.2) is 8.42 Å². The van der Waals surface area contributed by atoms with Crippen molar-refractivity contribution in [1.29, 1.82) is 0 Å². The average molecular weight is 398 g/mol. The van der Waals surface area contributed by atoms with Crippen LogP contribution in [0.25, 0.3) is 0 Å². The number of hydrogen-bond acceptors (Lipinski definition) is 4. The number of hydrogen-bond donors (Lipinski definition) is 1. The monoisotopic (exact) mass is 397 g/mol. The van der Waals surface area contributed by atoms with E-state index in [9.17, 15) is 8.42 Å². The van der Waals surface area contributed by atoms with Gasteiger partial charge in [-0.1, -0.05) is 15.9 Å². The lowest BCUT2D eigenvalue weighted by Crippen LogP contribution is -2.13. The Morgan fingerprint density at radius 2 is 1.78 bits per heavy atom. The van der Waals surface area contributed by atoms with E-state index in [0.717, 1.165) is 16.5 Å². The normalized spacial score (nSPS) is 14.2. The maximum Gasteiger partial charge on any atom is 0.261 e. The zero-order valence-corrected chi connectivity index (χ0v) is 14.9. The number of sulfonamides is 1. The highest BCUT2D eigenvalue weighted by Gasteiger charge is 2.17. The van der Waals surface area contributed by atoms with Crippen LogP contribution >= 0.6 is 15.9 Å². The number of rotatable bonds is 3. The summed E-state index contributed by atoms with van der Waals surface area (Å²) in [6, 6.07) is 9.92. The second kappa shape index (κ2) is 6.41. The maximum atomic E-state index is 12.5. The molecule has 1 N–H and O–H groups in total. The Morgan fingerprint density at radius 1 is 1.04 bits per heavy atom. The fraction of sp³-hybridized carbons (Fsp3) is 0.250. The first kappa shape index (κ1) is 16.1. The lowest BCUT2D eigenvalue weighted by Gasteiger charge is -2.12. The van der Waals surface area contributed by atoms with Crippen LogP contribution in [0.1, 0.15) is 12.0 Å². The summed E-state index contributed by atoms with van der Waals surface area (Å²) in [5.74, 6) is 1.18. The van der Waals surface area contributed by atoms with Crippen LogP contribution < -0.4 is 14.2 Å². The minimum atomic E-state index is -3.66. The molecule has 23 heavy (non-hydrogen) atoms. The lowest BCUT2D eigenvalue weighted by atomic mass is 10.2. The third-order valence-corrected chi connectivity index (χ3v) is 5.71. The Labute approximate surface area is 143 Å². The van der Waals surface area contributed by atoms with E-state index in [0.29, 0.717) is 30.4 Å². The average Bonchev–Trinajstić information content (AvgIpc) is 2.74. The van der Waals surface area contributed by atoms with Crippen LogP contribution in [0.3, 0.4) is 0 Å². The molecule has 0 amide bonds. The zero-order chi connectivity index (χ0) is 16.4. The number of ether oxygens (including phenoxy) is 2. The molecule has 0 aliphatic carbocycles. The molecule has 0 saturated heterocycles. The first-order valence-corrected chi connectivity index (χ1v) is 9.42. The molecule has 1 aliphatic heterocycles. The van der Waals surface area contributed by atoms with E-state index in [1.165, 1.54) is 0 Å². The van der Waals surface area contributed by atoms with Gasteiger partial charge in [-0.2, -0.15) is 0 Å². The molecule has 2 aromatic carbocycles.